The van der Waals surface area contributed by atoms with Gasteiger partial charge in [-0.15, -0.1) is 11.3 Å². The van der Waals surface area contributed by atoms with Crippen molar-refractivity contribution < 1.29 is 31.9 Å². The number of ether oxygens (including phenoxy) is 1. The molecule has 0 spiro atoms. The number of amides is 3. The van der Waals surface area contributed by atoms with Crippen molar-refractivity contribution in [2.45, 2.75) is 50.6 Å². The van der Waals surface area contributed by atoms with Gasteiger partial charge in [-0.25, -0.2) is 14.2 Å². The second-order valence-electron chi connectivity index (χ2n) is 8.49. The highest BCUT2D eigenvalue weighted by molar-refractivity contribution is 7.09. The van der Waals surface area contributed by atoms with Gasteiger partial charge in [0.1, 0.15) is 17.3 Å². The molecular formula is C25H24F4N4O3S. The number of nitrogens with zero attached hydrogens (tertiary/aromatic N) is 1. The number of aromatic nitrogens is 1. The number of benzene rings is 2. The van der Waals surface area contributed by atoms with E-state index in [1.807, 2.05) is 0 Å². The molecule has 37 heavy (non-hydrogen) atoms. The van der Waals surface area contributed by atoms with E-state index in [2.05, 4.69) is 20.9 Å². The Balaban J connectivity index is 1.31. The van der Waals surface area contributed by atoms with Crippen LogP contribution < -0.4 is 20.7 Å². The summed E-state index contributed by atoms with van der Waals surface area (Å²) in [7, 11) is 0. The lowest BCUT2D eigenvalue weighted by molar-refractivity contribution is -0.137. The minimum atomic E-state index is -4.46. The van der Waals surface area contributed by atoms with E-state index in [9.17, 15) is 27.2 Å². The van der Waals surface area contributed by atoms with Crippen molar-refractivity contribution in [1.82, 2.24) is 15.6 Å². The molecule has 3 aromatic rings. The summed E-state index contributed by atoms with van der Waals surface area (Å²) in [6.07, 6.45) is -1.47. The Bertz CT molecular complexity index is 1230. The number of rotatable bonds is 7. The van der Waals surface area contributed by atoms with Gasteiger partial charge in [0.05, 0.1) is 11.6 Å². The standard InChI is InChI=1S/C25H24F4N4O3S/c26-17-5-1-4-8-21(17)36-13-22-31-20(14-37-22)23(34)32-18-6-2-3-7-19(18)33-24(35)30-16-11-9-15(10-12-16)25(27,28)29/h1,4-5,8-12,14,18-19H,2-3,6-7,13H2,(H,32,34)(H2,30,33,35)/t18-,19+/m0/s1. The van der Waals surface area contributed by atoms with Gasteiger partial charge in [0.15, 0.2) is 11.6 Å². The average molecular weight is 537 g/mol. The van der Waals surface area contributed by atoms with E-state index in [1.165, 1.54) is 35.6 Å². The number of carbonyl (C=O) groups is 2. The molecule has 1 saturated carbocycles. The number of thiazole rings is 1. The topological polar surface area (TPSA) is 92.4 Å². The van der Waals surface area contributed by atoms with E-state index < -0.39 is 29.5 Å². The molecule has 1 aliphatic rings. The molecule has 1 aliphatic carbocycles. The molecule has 0 aliphatic heterocycles. The van der Waals surface area contributed by atoms with Gasteiger partial charge in [0.2, 0.25) is 0 Å². The molecule has 196 valence electrons. The van der Waals surface area contributed by atoms with E-state index in [1.54, 1.807) is 17.5 Å². The predicted molar refractivity (Wildman–Crippen MR) is 130 cm³/mol. The number of para-hydroxylation sites is 1. The first kappa shape index (κ1) is 26.4. The van der Waals surface area contributed by atoms with Crippen molar-refractivity contribution in [3.8, 4) is 5.75 Å². The lowest BCUT2D eigenvalue weighted by Gasteiger charge is -2.32. The smallest absolute Gasteiger partial charge is 0.416 e. The first-order valence-corrected chi connectivity index (χ1v) is 12.4. The van der Waals surface area contributed by atoms with Crippen molar-refractivity contribution in [2.24, 2.45) is 0 Å². The van der Waals surface area contributed by atoms with Crippen LogP contribution in [-0.2, 0) is 12.8 Å². The Morgan fingerprint density at radius 1 is 1.00 bits per heavy atom. The van der Waals surface area contributed by atoms with Crippen LogP contribution in [0.3, 0.4) is 0 Å². The SMILES string of the molecule is O=C(Nc1ccc(C(F)(F)F)cc1)N[C@@H]1CCCC[C@@H]1NC(=O)c1csc(COc2ccccc2F)n1. The van der Waals surface area contributed by atoms with Gasteiger partial charge in [0.25, 0.3) is 5.91 Å². The van der Waals surface area contributed by atoms with E-state index in [0.717, 1.165) is 25.0 Å². The van der Waals surface area contributed by atoms with Crippen LogP contribution in [0.2, 0.25) is 0 Å². The highest BCUT2D eigenvalue weighted by atomic mass is 32.1. The van der Waals surface area contributed by atoms with E-state index in [0.29, 0.717) is 17.8 Å². The molecule has 12 heteroatoms. The Morgan fingerprint density at radius 2 is 1.68 bits per heavy atom. The zero-order chi connectivity index (χ0) is 26.4. The first-order valence-electron chi connectivity index (χ1n) is 11.6. The third-order valence-corrected chi connectivity index (χ3v) is 6.66. The number of nitrogens with one attached hydrogen (secondary N) is 3. The lowest BCUT2D eigenvalue weighted by Crippen LogP contribution is -2.54. The maximum absolute atomic E-state index is 13.7. The summed E-state index contributed by atoms with van der Waals surface area (Å²) >= 11 is 1.21. The summed E-state index contributed by atoms with van der Waals surface area (Å²) < 4.78 is 57.3. The predicted octanol–water partition coefficient (Wildman–Crippen LogP) is 5.74. The summed E-state index contributed by atoms with van der Waals surface area (Å²) in [5.74, 6) is -0.806. The number of urea groups is 1. The van der Waals surface area contributed by atoms with Crippen molar-refractivity contribution in [2.75, 3.05) is 5.32 Å². The van der Waals surface area contributed by atoms with Crippen LogP contribution in [0.5, 0.6) is 5.75 Å². The van der Waals surface area contributed by atoms with E-state index in [-0.39, 0.29) is 35.8 Å². The van der Waals surface area contributed by atoms with Gasteiger partial charge in [-0.3, -0.25) is 4.79 Å². The Kier molecular flexibility index (Phi) is 8.27. The largest absolute Gasteiger partial charge is 0.483 e. The number of hydrogen-bond acceptors (Lipinski definition) is 5. The second kappa shape index (κ2) is 11.6. The molecular weight excluding hydrogens is 512 g/mol. The third-order valence-electron chi connectivity index (χ3n) is 5.84. The van der Waals surface area contributed by atoms with Crippen molar-refractivity contribution in [3.05, 3.63) is 76.0 Å². The molecule has 1 aromatic heterocycles. The van der Waals surface area contributed by atoms with Crippen LogP contribution in [0.1, 0.15) is 46.7 Å². The minimum Gasteiger partial charge on any atom is -0.483 e. The van der Waals surface area contributed by atoms with Crippen LogP contribution in [0.4, 0.5) is 28.0 Å². The molecule has 2 atom stereocenters. The molecule has 4 rings (SSSR count). The fraction of sp³-hybridized carbons (Fsp3) is 0.320. The Morgan fingerprint density at radius 3 is 2.35 bits per heavy atom. The van der Waals surface area contributed by atoms with Gasteiger partial charge in [-0.1, -0.05) is 25.0 Å². The summed E-state index contributed by atoms with van der Waals surface area (Å²) in [6, 6.07) is 8.84. The quantitative estimate of drug-likeness (QED) is 0.336. The third kappa shape index (κ3) is 7.19. The van der Waals surface area contributed by atoms with Crippen LogP contribution in [0.25, 0.3) is 0 Å². The molecule has 0 saturated heterocycles. The van der Waals surface area contributed by atoms with Crippen LogP contribution in [-0.4, -0.2) is 29.0 Å². The molecule has 3 amide bonds. The molecule has 2 aromatic carbocycles. The Hall–Kier alpha value is -3.67. The fourth-order valence-electron chi connectivity index (χ4n) is 3.98. The number of carbonyl (C=O) groups excluding carboxylic acids is 2. The monoisotopic (exact) mass is 536 g/mol. The zero-order valence-corrected chi connectivity index (χ0v) is 20.3. The van der Waals surface area contributed by atoms with Crippen molar-refractivity contribution in [3.63, 3.8) is 0 Å². The van der Waals surface area contributed by atoms with Crippen LogP contribution >= 0.6 is 11.3 Å². The number of alkyl halides is 3. The van der Waals surface area contributed by atoms with Crippen LogP contribution in [0, 0.1) is 5.82 Å². The Labute approximate surface area is 214 Å². The second-order valence-corrected chi connectivity index (χ2v) is 9.43. The lowest BCUT2D eigenvalue weighted by atomic mass is 9.90. The van der Waals surface area contributed by atoms with E-state index in [4.69, 9.17) is 4.74 Å². The maximum atomic E-state index is 13.7. The molecule has 7 nitrogen and oxygen atoms in total. The van der Waals surface area contributed by atoms with Crippen molar-refractivity contribution in [1.29, 1.82) is 0 Å². The first-order chi connectivity index (χ1) is 17.7. The zero-order valence-electron chi connectivity index (χ0n) is 19.5. The van der Waals surface area contributed by atoms with Gasteiger partial charge in [-0.05, 0) is 49.2 Å². The molecule has 1 heterocycles. The van der Waals surface area contributed by atoms with Crippen molar-refractivity contribution >= 4 is 29.0 Å². The average Bonchev–Trinajstić information content (AvgIpc) is 3.34. The van der Waals surface area contributed by atoms with Gasteiger partial charge in [0, 0.05) is 17.1 Å². The van der Waals surface area contributed by atoms with Gasteiger partial charge in [-0.2, -0.15) is 13.2 Å². The maximum Gasteiger partial charge on any atom is 0.416 e. The van der Waals surface area contributed by atoms with Gasteiger partial charge < -0.3 is 20.7 Å². The summed E-state index contributed by atoms with van der Waals surface area (Å²) in [6.45, 7) is 0.0105. The summed E-state index contributed by atoms with van der Waals surface area (Å²) in [4.78, 5) is 29.5. The molecule has 0 bridgehead atoms. The highest BCUT2D eigenvalue weighted by Crippen LogP contribution is 2.30. The number of hydrogen-bond donors (Lipinski definition) is 3. The van der Waals surface area contributed by atoms with Crippen LogP contribution in [0.15, 0.2) is 53.9 Å². The van der Waals surface area contributed by atoms with Gasteiger partial charge >= 0.3 is 12.2 Å². The number of halogens is 4. The summed E-state index contributed by atoms with van der Waals surface area (Å²) in [5, 5.41) is 10.3. The minimum absolute atomic E-state index is 0.0105. The number of anilines is 1. The molecule has 0 unspecified atom stereocenters. The molecule has 0 radical (unpaired) electrons. The fourth-order valence-corrected chi connectivity index (χ4v) is 4.67. The summed E-state index contributed by atoms with van der Waals surface area (Å²) in [5.41, 5.74) is -0.400. The van der Waals surface area contributed by atoms with E-state index >= 15 is 0 Å². The normalized spacial score (nSPS) is 17.6. The highest BCUT2D eigenvalue weighted by Gasteiger charge is 2.31. The molecule has 1 fully saturated rings. The molecule has 3 N–H and O–H groups in total.